The molecule has 0 spiro atoms. The second-order valence-electron chi connectivity index (χ2n) is 9.16. The first kappa shape index (κ1) is 22.2. The van der Waals surface area contributed by atoms with Crippen molar-refractivity contribution in [2.45, 2.75) is 78.1 Å². The number of hydrogen-bond acceptors (Lipinski definition) is 4. The maximum absolute atomic E-state index is 12.6. The molecule has 2 aliphatic rings. The van der Waals surface area contributed by atoms with Crippen LogP contribution in [0.3, 0.4) is 0 Å². The summed E-state index contributed by atoms with van der Waals surface area (Å²) >= 11 is 4.61. The van der Waals surface area contributed by atoms with Crippen LogP contribution in [-0.2, 0) is 4.79 Å². The molecule has 4 heteroatoms. The van der Waals surface area contributed by atoms with Crippen molar-refractivity contribution in [2.24, 2.45) is 34.6 Å². The van der Waals surface area contributed by atoms with E-state index < -0.39 is 0 Å². The van der Waals surface area contributed by atoms with Crippen molar-refractivity contribution >= 4 is 29.0 Å². The van der Waals surface area contributed by atoms with Gasteiger partial charge in [-0.05, 0) is 98.7 Å². The van der Waals surface area contributed by atoms with Crippen LogP contribution in [0.15, 0.2) is 29.3 Å². The van der Waals surface area contributed by atoms with Gasteiger partial charge < -0.3 is 4.74 Å². The van der Waals surface area contributed by atoms with Gasteiger partial charge in [0, 0.05) is 0 Å². The largest absolute Gasteiger partial charge is 0.426 e. The Bertz CT molecular complexity index is 694. The van der Waals surface area contributed by atoms with Gasteiger partial charge in [-0.1, -0.05) is 39.5 Å². The zero-order valence-corrected chi connectivity index (χ0v) is 18.8. The maximum Gasteiger partial charge on any atom is 0.314 e. The van der Waals surface area contributed by atoms with E-state index in [-0.39, 0.29) is 11.9 Å². The molecule has 0 aromatic heterocycles. The molecule has 0 saturated heterocycles. The minimum absolute atomic E-state index is 0.0393. The van der Waals surface area contributed by atoms with Gasteiger partial charge in [0.25, 0.3) is 0 Å². The molecular formula is C25H35NO2S. The third-order valence-electron chi connectivity index (χ3n) is 7.41. The van der Waals surface area contributed by atoms with E-state index >= 15 is 0 Å². The molecule has 0 N–H and O–H groups in total. The van der Waals surface area contributed by atoms with Crippen molar-refractivity contribution in [3.05, 3.63) is 24.3 Å². The molecule has 2 aliphatic carbocycles. The third kappa shape index (κ3) is 6.23. The van der Waals surface area contributed by atoms with E-state index in [0.717, 1.165) is 55.0 Å². The molecule has 1 atom stereocenters. The van der Waals surface area contributed by atoms with E-state index in [9.17, 15) is 4.79 Å². The molecule has 158 valence electrons. The summed E-state index contributed by atoms with van der Waals surface area (Å²) in [5.41, 5.74) is 0.720. The number of benzene rings is 1. The summed E-state index contributed by atoms with van der Waals surface area (Å²) in [5, 5.41) is 2.34. The predicted octanol–water partition coefficient (Wildman–Crippen LogP) is 7.38. The molecule has 3 nitrogen and oxygen atoms in total. The maximum atomic E-state index is 12.6. The number of isothiocyanates is 1. The first-order valence-electron chi connectivity index (χ1n) is 11.5. The summed E-state index contributed by atoms with van der Waals surface area (Å²) < 4.78 is 5.61. The van der Waals surface area contributed by atoms with Crippen LogP contribution < -0.4 is 4.74 Å². The summed E-state index contributed by atoms with van der Waals surface area (Å²) in [6, 6.07) is 7.11. The molecule has 1 aromatic rings. The van der Waals surface area contributed by atoms with E-state index in [1.54, 1.807) is 24.3 Å². The number of rotatable bonds is 7. The lowest BCUT2D eigenvalue weighted by molar-refractivity contribution is -0.140. The van der Waals surface area contributed by atoms with E-state index in [0.29, 0.717) is 5.75 Å². The van der Waals surface area contributed by atoms with Crippen molar-refractivity contribution in [2.75, 3.05) is 0 Å². The average molecular weight is 414 g/mol. The summed E-state index contributed by atoms with van der Waals surface area (Å²) in [4.78, 5) is 16.5. The van der Waals surface area contributed by atoms with Crippen LogP contribution in [0, 0.1) is 29.6 Å². The summed E-state index contributed by atoms with van der Waals surface area (Å²) in [5.74, 6) is 3.98. The third-order valence-corrected chi connectivity index (χ3v) is 7.50. The number of nitrogens with zero attached hydrogens (tertiary/aromatic N) is 1. The summed E-state index contributed by atoms with van der Waals surface area (Å²) in [6.07, 6.45) is 12.7. The second-order valence-corrected chi connectivity index (χ2v) is 9.34. The van der Waals surface area contributed by atoms with Gasteiger partial charge in [-0.2, -0.15) is 4.99 Å². The average Bonchev–Trinajstić information content (AvgIpc) is 2.76. The van der Waals surface area contributed by atoms with Gasteiger partial charge in [-0.3, -0.25) is 4.79 Å². The molecule has 29 heavy (non-hydrogen) atoms. The SMILES string of the molecule is CCCC1CCC(C(C)C2CCC(C(=O)Oc3ccc(N=C=S)cc3)CC2)CC1. The Labute approximate surface area is 181 Å². The fourth-order valence-corrected chi connectivity index (χ4v) is 5.62. The van der Waals surface area contributed by atoms with Crippen LogP contribution in [0.5, 0.6) is 5.75 Å². The quantitative estimate of drug-likeness (QED) is 0.203. The standard InChI is InChI=1S/C25H35NO2S/c1-3-4-19-5-7-20(8-6-19)18(2)21-9-11-22(12-10-21)25(27)28-24-15-13-23(14-16-24)26-17-29/h13-16,18-22H,3-12H2,1-2H3. The highest BCUT2D eigenvalue weighted by molar-refractivity contribution is 7.78. The van der Waals surface area contributed by atoms with Crippen LogP contribution >= 0.6 is 12.2 Å². The lowest BCUT2D eigenvalue weighted by Gasteiger charge is -2.38. The van der Waals surface area contributed by atoms with E-state index in [4.69, 9.17) is 4.74 Å². The monoisotopic (exact) mass is 413 g/mol. The molecule has 3 rings (SSSR count). The van der Waals surface area contributed by atoms with E-state index in [2.05, 4.69) is 36.2 Å². The number of ether oxygens (including phenoxy) is 1. The number of carbonyl (C=O) groups is 1. The normalized spacial score (nSPS) is 28.2. The first-order valence-corrected chi connectivity index (χ1v) is 11.9. The van der Waals surface area contributed by atoms with Gasteiger partial charge in [0.2, 0.25) is 0 Å². The fraction of sp³-hybridized carbons (Fsp3) is 0.680. The second kappa shape index (κ2) is 11.0. The summed E-state index contributed by atoms with van der Waals surface area (Å²) in [7, 11) is 0. The van der Waals surface area contributed by atoms with Gasteiger partial charge in [0.05, 0.1) is 16.8 Å². The zero-order valence-electron chi connectivity index (χ0n) is 17.9. The molecule has 0 radical (unpaired) electrons. The van der Waals surface area contributed by atoms with Crippen LogP contribution in [-0.4, -0.2) is 11.1 Å². The van der Waals surface area contributed by atoms with Crippen molar-refractivity contribution in [3.8, 4) is 5.75 Å². The molecule has 1 aromatic carbocycles. The highest BCUT2D eigenvalue weighted by atomic mass is 32.1. The number of thiocarbonyl (C=S) groups is 1. The van der Waals surface area contributed by atoms with Crippen molar-refractivity contribution in [1.29, 1.82) is 0 Å². The summed E-state index contributed by atoms with van der Waals surface area (Å²) in [6.45, 7) is 4.78. The Hall–Kier alpha value is -1.51. The zero-order chi connectivity index (χ0) is 20.6. The number of carbonyl (C=O) groups excluding carboxylic acids is 1. The highest BCUT2D eigenvalue weighted by Gasteiger charge is 2.34. The van der Waals surface area contributed by atoms with Gasteiger partial charge >= 0.3 is 5.97 Å². The Kier molecular flexibility index (Phi) is 8.44. The van der Waals surface area contributed by atoms with Crippen LogP contribution in [0.1, 0.15) is 78.1 Å². The highest BCUT2D eigenvalue weighted by Crippen LogP contribution is 2.43. The molecule has 2 saturated carbocycles. The van der Waals surface area contributed by atoms with Crippen molar-refractivity contribution in [1.82, 2.24) is 0 Å². The Morgan fingerprint density at radius 3 is 2.21 bits per heavy atom. The molecule has 0 amide bonds. The van der Waals surface area contributed by atoms with Crippen molar-refractivity contribution in [3.63, 3.8) is 0 Å². The van der Waals surface area contributed by atoms with E-state index in [1.165, 1.54) is 38.5 Å². The first-order chi connectivity index (χ1) is 14.1. The van der Waals surface area contributed by atoms with Crippen LogP contribution in [0.4, 0.5) is 5.69 Å². The molecule has 1 unspecified atom stereocenters. The van der Waals surface area contributed by atoms with Gasteiger partial charge in [-0.25, -0.2) is 0 Å². The molecular weight excluding hydrogens is 378 g/mol. The Morgan fingerprint density at radius 2 is 1.66 bits per heavy atom. The fourth-order valence-electron chi connectivity index (χ4n) is 5.52. The minimum Gasteiger partial charge on any atom is -0.426 e. The molecule has 0 aliphatic heterocycles. The molecule has 2 fully saturated rings. The lowest BCUT2D eigenvalue weighted by Crippen LogP contribution is -2.31. The van der Waals surface area contributed by atoms with Gasteiger partial charge in [-0.15, -0.1) is 0 Å². The molecule has 0 heterocycles. The smallest absolute Gasteiger partial charge is 0.314 e. The van der Waals surface area contributed by atoms with Crippen LogP contribution in [0.25, 0.3) is 0 Å². The van der Waals surface area contributed by atoms with Gasteiger partial charge in [0.1, 0.15) is 5.75 Å². The Morgan fingerprint density at radius 1 is 1.07 bits per heavy atom. The number of esters is 1. The lowest BCUT2D eigenvalue weighted by atomic mass is 9.67. The van der Waals surface area contributed by atoms with Crippen molar-refractivity contribution < 1.29 is 9.53 Å². The van der Waals surface area contributed by atoms with Gasteiger partial charge in [0.15, 0.2) is 0 Å². The van der Waals surface area contributed by atoms with E-state index in [1.807, 2.05) is 0 Å². The number of aliphatic imine (C=N–C) groups is 1. The van der Waals surface area contributed by atoms with Crippen LogP contribution in [0.2, 0.25) is 0 Å². The topological polar surface area (TPSA) is 38.7 Å². The molecule has 0 bridgehead atoms. The number of hydrogen-bond donors (Lipinski definition) is 0. The predicted molar refractivity (Wildman–Crippen MR) is 122 cm³/mol. The minimum atomic E-state index is -0.0812. The Balaban J connectivity index is 1.43.